The summed E-state index contributed by atoms with van der Waals surface area (Å²) >= 11 is 0. The topological polar surface area (TPSA) is 67.4 Å². The van der Waals surface area contributed by atoms with E-state index >= 15 is 0 Å². The van der Waals surface area contributed by atoms with Crippen LogP contribution < -0.4 is 10.6 Å². The number of methoxy groups -OCH3 is 1. The SMILES string of the molecule is COC(=O)[C@H](C)Cc1ccc(NC(=O)NC(C)C)cc1. The largest absolute Gasteiger partial charge is 0.469 e. The third-order valence-corrected chi connectivity index (χ3v) is 2.78. The molecule has 1 aromatic rings. The summed E-state index contributed by atoms with van der Waals surface area (Å²) in [5.74, 6) is -0.397. The van der Waals surface area contributed by atoms with Gasteiger partial charge >= 0.3 is 12.0 Å². The van der Waals surface area contributed by atoms with Crippen LogP contribution in [0.5, 0.6) is 0 Å². The van der Waals surface area contributed by atoms with Gasteiger partial charge in [-0.15, -0.1) is 0 Å². The second kappa shape index (κ2) is 7.53. The van der Waals surface area contributed by atoms with Crippen LogP contribution in [0, 0.1) is 5.92 Å². The summed E-state index contributed by atoms with van der Waals surface area (Å²) in [7, 11) is 1.39. The summed E-state index contributed by atoms with van der Waals surface area (Å²) in [6, 6.07) is 7.29. The molecule has 0 aliphatic carbocycles. The van der Waals surface area contributed by atoms with Crippen LogP contribution in [0.25, 0.3) is 0 Å². The molecule has 0 heterocycles. The fraction of sp³-hybridized carbons (Fsp3) is 0.467. The van der Waals surface area contributed by atoms with Crippen LogP contribution in [0.1, 0.15) is 26.3 Å². The predicted molar refractivity (Wildman–Crippen MR) is 78.6 cm³/mol. The average Bonchev–Trinajstić information content (AvgIpc) is 2.39. The van der Waals surface area contributed by atoms with Gasteiger partial charge in [0.05, 0.1) is 13.0 Å². The number of nitrogens with one attached hydrogen (secondary N) is 2. The molecule has 0 radical (unpaired) electrons. The Morgan fingerprint density at radius 1 is 1.15 bits per heavy atom. The number of carbonyl (C=O) groups excluding carboxylic acids is 2. The van der Waals surface area contributed by atoms with E-state index in [1.165, 1.54) is 7.11 Å². The van der Waals surface area contributed by atoms with Gasteiger partial charge in [-0.1, -0.05) is 19.1 Å². The molecule has 0 aromatic heterocycles. The third-order valence-electron chi connectivity index (χ3n) is 2.78. The van der Waals surface area contributed by atoms with Crippen LogP contribution in [0.4, 0.5) is 10.5 Å². The van der Waals surface area contributed by atoms with Crippen molar-refractivity contribution in [2.24, 2.45) is 5.92 Å². The Kier molecular flexibility index (Phi) is 6.03. The summed E-state index contributed by atoms with van der Waals surface area (Å²) in [6.45, 7) is 5.63. The van der Waals surface area contributed by atoms with Crippen molar-refractivity contribution < 1.29 is 14.3 Å². The highest BCUT2D eigenvalue weighted by atomic mass is 16.5. The van der Waals surface area contributed by atoms with Crippen molar-refractivity contribution in [2.75, 3.05) is 12.4 Å². The molecule has 0 unspecified atom stereocenters. The number of rotatable bonds is 5. The highest BCUT2D eigenvalue weighted by Crippen LogP contribution is 2.14. The lowest BCUT2D eigenvalue weighted by Gasteiger charge is -2.11. The van der Waals surface area contributed by atoms with E-state index in [1.807, 2.05) is 45.0 Å². The quantitative estimate of drug-likeness (QED) is 0.813. The first-order chi connectivity index (χ1) is 9.42. The maximum absolute atomic E-state index is 11.5. The Hall–Kier alpha value is -2.04. The Morgan fingerprint density at radius 2 is 1.75 bits per heavy atom. The molecule has 2 amide bonds. The average molecular weight is 278 g/mol. The minimum Gasteiger partial charge on any atom is -0.469 e. The summed E-state index contributed by atoms with van der Waals surface area (Å²) in [6.07, 6.45) is 0.616. The minimum absolute atomic E-state index is 0.0928. The van der Waals surface area contributed by atoms with E-state index < -0.39 is 0 Å². The van der Waals surface area contributed by atoms with Crippen molar-refractivity contribution in [3.8, 4) is 0 Å². The van der Waals surface area contributed by atoms with Crippen LogP contribution in [0.2, 0.25) is 0 Å². The van der Waals surface area contributed by atoms with Gasteiger partial charge in [-0.2, -0.15) is 0 Å². The van der Waals surface area contributed by atoms with Gasteiger partial charge in [0.25, 0.3) is 0 Å². The van der Waals surface area contributed by atoms with E-state index in [0.717, 1.165) is 11.3 Å². The molecule has 0 aliphatic heterocycles. The monoisotopic (exact) mass is 278 g/mol. The first kappa shape index (κ1) is 16.0. The number of hydrogen-bond acceptors (Lipinski definition) is 3. The minimum atomic E-state index is -0.226. The van der Waals surface area contributed by atoms with Gasteiger partial charge < -0.3 is 15.4 Å². The molecule has 5 nitrogen and oxygen atoms in total. The van der Waals surface area contributed by atoms with E-state index in [-0.39, 0.29) is 24.0 Å². The van der Waals surface area contributed by atoms with Crippen LogP contribution >= 0.6 is 0 Å². The van der Waals surface area contributed by atoms with Gasteiger partial charge in [-0.3, -0.25) is 4.79 Å². The van der Waals surface area contributed by atoms with Gasteiger partial charge in [0, 0.05) is 11.7 Å². The summed E-state index contributed by atoms with van der Waals surface area (Å²) in [5.41, 5.74) is 1.75. The molecule has 0 saturated heterocycles. The second-order valence-corrected chi connectivity index (χ2v) is 5.08. The molecule has 1 rings (SSSR count). The van der Waals surface area contributed by atoms with E-state index in [1.54, 1.807) is 0 Å². The fourth-order valence-corrected chi connectivity index (χ4v) is 1.79. The van der Waals surface area contributed by atoms with Crippen LogP contribution in [0.15, 0.2) is 24.3 Å². The fourth-order valence-electron chi connectivity index (χ4n) is 1.79. The summed E-state index contributed by atoms with van der Waals surface area (Å²) < 4.78 is 4.69. The Bertz CT molecular complexity index is 455. The molecule has 1 atom stereocenters. The lowest BCUT2D eigenvalue weighted by atomic mass is 10.0. The molecule has 1 aromatic carbocycles. The number of urea groups is 1. The molecule has 0 bridgehead atoms. The standard InChI is InChI=1S/C15H22N2O3/c1-10(2)16-15(19)17-13-7-5-12(6-8-13)9-11(3)14(18)20-4/h5-8,10-11H,9H2,1-4H3,(H2,16,17,19)/t11-/m1/s1. The van der Waals surface area contributed by atoms with E-state index in [9.17, 15) is 9.59 Å². The Morgan fingerprint density at radius 3 is 2.25 bits per heavy atom. The van der Waals surface area contributed by atoms with Crippen molar-refractivity contribution in [2.45, 2.75) is 33.2 Å². The highest BCUT2D eigenvalue weighted by molar-refractivity contribution is 5.89. The first-order valence-electron chi connectivity index (χ1n) is 6.66. The van der Waals surface area contributed by atoms with Crippen molar-refractivity contribution in [3.63, 3.8) is 0 Å². The molecule has 5 heteroatoms. The van der Waals surface area contributed by atoms with Crippen molar-refractivity contribution >= 4 is 17.7 Å². The number of ether oxygens (including phenoxy) is 1. The normalized spacial score (nSPS) is 11.8. The van der Waals surface area contributed by atoms with E-state index in [0.29, 0.717) is 6.42 Å². The number of hydrogen-bond donors (Lipinski definition) is 2. The maximum atomic E-state index is 11.5. The van der Waals surface area contributed by atoms with Crippen LogP contribution in [-0.2, 0) is 16.0 Å². The maximum Gasteiger partial charge on any atom is 0.319 e. The molecule has 0 aliphatic rings. The summed E-state index contributed by atoms with van der Waals surface area (Å²) in [4.78, 5) is 22.9. The first-order valence-corrected chi connectivity index (χ1v) is 6.66. The van der Waals surface area contributed by atoms with Crippen molar-refractivity contribution in [1.82, 2.24) is 5.32 Å². The molecular weight excluding hydrogens is 256 g/mol. The zero-order valence-corrected chi connectivity index (χ0v) is 12.4. The Balaban J connectivity index is 2.56. The lowest BCUT2D eigenvalue weighted by molar-refractivity contribution is -0.144. The van der Waals surface area contributed by atoms with Gasteiger partial charge in [0.2, 0.25) is 0 Å². The smallest absolute Gasteiger partial charge is 0.319 e. The molecular formula is C15H22N2O3. The summed E-state index contributed by atoms with van der Waals surface area (Å²) in [5, 5.41) is 5.50. The number of esters is 1. The van der Waals surface area contributed by atoms with Gasteiger partial charge in [0.1, 0.15) is 0 Å². The number of carbonyl (C=O) groups is 2. The van der Waals surface area contributed by atoms with Gasteiger partial charge in [-0.25, -0.2) is 4.79 Å². The Labute approximate surface area is 119 Å². The van der Waals surface area contributed by atoms with Crippen molar-refractivity contribution in [1.29, 1.82) is 0 Å². The van der Waals surface area contributed by atoms with Crippen LogP contribution in [-0.4, -0.2) is 25.2 Å². The molecule has 0 fully saturated rings. The molecule has 20 heavy (non-hydrogen) atoms. The van der Waals surface area contributed by atoms with Gasteiger partial charge in [0.15, 0.2) is 0 Å². The number of amides is 2. The predicted octanol–water partition coefficient (Wildman–Crippen LogP) is 2.57. The molecule has 2 N–H and O–H groups in total. The van der Waals surface area contributed by atoms with Crippen molar-refractivity contribution in [3.05, 3.63) is 29.8 Å². The van der Waals surface area contributed by atoms with E-state index in [4.69, 9.17) is 4.74 Å². The zero-order chi connectivity index (χ0) is 15.1. The van der Waals surface area contributed by atoms with Crippen LogP contribution in [0.3, 0.4) is 0 Å². The second-order valence-electron chi connectivity index (χ2n) is 5.08. The third kappa shape index (κ3) is 5.30. The van der Waals surface area contributed by atoms with Gasteiger partial charge in [-0.05, 0) is 38.0 Å². The zero-order valence-electron chi connectivity index (χ0n) is 12.4. The number of benzene rings is 1. The van der Waals surface area contributed by atoms with E-state index in [2.05, 4.69) is 10.6 Å². The molecule has 0 saturated carbocycles. The number of anilines is 1. The lowest BCUT2D eigenvalue weighted by Crippen LogP contribution is -2.34. The molecule has 0 spiro atoms. The molecule has 110 valence electrons. The highest BCUT2D eigenvalue weighted by Gasteiger charge is 2.13.